The minimum atomic E-state index is -0.546. The topological polar surface area (TPSA) is 109 Å². The molecule has 0 spiro atoms. The summed E-state index contributed by atoms with van der Waals surface area (Å²) in [5, 5.41) is 5.75. The monoisotopic (exact) mass is 632 g/mol. The third-order valence-corrected chi connectivity index (χ3v) is 7.76. The van der Waals surface area contributed by atoms with Gasteiger partial charge in [0.1, 0.15) is 23.3 Å². The molecule has 46 heavy (non-hydrogen) atoms. The lowest BCUT2D eigenvalue weighted by molar-refractivity contribution is 0.0126. The number of aryl methyl sites for hydroxylation is 1. The van der Waals surface area contributed by atoms with Crippen molar-refractivity contribution < 1.29 is 33.0 Å². The zero-order chi connectivity index (χ0) is 32.8. The highest BCUT2D eigenvalue weighted by Crippen LogP contribution is 2.26. The van der Waals surface area contributed by atoms with E-state index in [1.54, 1.807) is 53.4 Å². The average molecular weight is 633 g/mol. The van der Waals surface area contributed by atoms with Gasteiger partial charge in [-0.15, -0.1) is 0 Å². The van der Waals surface area contributed by atoms with Crippen LogP contribution in [0.25, 0.3) is 0 Å². The number of hydrogen-bond acceptors (Lipinski definition) is 7. The van der Waals surface area contributed by atoms with Crippen molar-refractivity contribution in [1.29, 1.82) is 0 Å². The van der Waals surface area contributed by atoms with Gasteiger partial charge < -0.3 is 34.6 Å². The van der Waals surface area contributed by atoms with Crippen molar-refractivity contribution >= 4 is 35.0 Å². The van der Waals surface area contributed by atoms with Gasteiger partial charge in [0.05, 0.1) is 13.2 Å². The van der Waals surface area contributed by atoms with Crippen LogP contribution in [0, 0.1) is 12.7 Å². The molecule has 0 atom stereocenters. The van der Waals surface area contributed by atoms with Crippen LogP contribution in [-0.4, -0.2) is 73.9 Å². The smallest absolute Gasteiger partial charge is 0.410 e. The Morgan fingerprint density at radius 3 is 2.30 bits per heavy atom. The molecular formula is C35H41FN4O6. The van der Waals surface area contributed by atoms with Gasteiger partial charge in [0.15, 0.2) is 0 Å². The second kappa shape index (κ2) is 14.2. The summed E-state index contributed by atoms with van der Waals surface area (Å²) in [6.07, 6.45) is 0.882. The molecule has 0 aliphatic carbocycles. The highest BCUT2D eigenvalue weighted by atomic mass is 19.1. The number of carbonyl (C=O) groups is 3. The first-order valence-electron chi connectivity index (χ1n) is 15.5. The number of amides is 3. The van der Waals surface area contributed by atoms with E-state index in [9.17, 15) is 18.8 Å². The van der Waals surface area contributed by atoms with E-state index in [-0.39, 0.29) is 23.7 Å². The van der Waals surface area contributed by atoms with Crippen LogP contribution in [0.4, 0.5) is 26.2 Å². The van der Waals surface area contributed by atoms with Crippen LogP contribution < -0.4 is 20.3 Å². The molecule has 2 aliphatic heterocycles. The Morgan fingerprint density at radius 2 is 1.59 bits per heavy atom. The summed E-state index contributed by atoms with van der Waals surface area (Å²) in [5.41, 5.74) is 2.47. The molecule has 3 aromatic carbocycles. The summed E-state index contributed by atoms with van der Waals surface area (Å²) < 4.78 is 31.5. The number of rotatable bonds is 7. The fourth-order valence-corrected chi connectivity index (χ4v) is 5.33. The summed E-state index contributed by atoms with van der Waals surface area (Å²) in [6, 6.07) is 16.4. The van der Waals surface area contributed by atoms with Crippen LogP contribution in [0.5, 0.6) is 5.75 Å². The quantitative estimate of drug-likeness (QED) is 0.317. The van der Waals surface area contributed by atoms with E-state index in [1.165, 1.54) is 12.1 Å². The van der Waals surface area contributed by atoms with Crippen molar-refractivity contribution in [3.05, 3.63) is 83.2 Å². The average Bonchev–Trinajstić information content (AvgIpc) is 3.02. The molecule has 2 aliphatic rings. The molecule has 3 amide bonds. The zero-order valence-electron chi connectivity index (χ0n) is 26.7. The molecule has 0 bridgehead atoms. The predicted octanol–water partition coefficient (Wildman–Crippen LogP) is 6.25. The normalized spacial score (nSPS) is 15.7. The Hall–Kier alpha value is -4.64. The van der Waals surface area contributed by atoms with Crippen LogP contribution in [0.3, 0.4) is 0 Å². The van der Waals surface area contributed by atoms with Crippen molar-refractivity contribution in [1.82, 2.24) is 4.90 Å². The number of hydrogen-bond donors (Lipinski definition) is 2. The van der Waals surface area contributed by atoms with Crippen LogP contribution in [0.15, 0.2) is 60.7 Å². The maximum absolute atomic E-state index is 14.4. The number of morpholine rings is 1. The molecule has 2 N–H and O–H groups in total. The number of ether oxygens (including phenoxy) is 3. The van der Waals surface area contributed by atoms with Crippen molar-refractivity contribution in [2.24, 2.45) is 0 Å². The first kappa shape index (κ1) is 32.7. The van der Waals surface area contributed by atoms with Crippen LogP contribution in [-0.2, 0) is 9.47 Å². The third kappa shape index (κ3) is 8.75. The summed E-state index contributed by atoms with van der Waals surface area (Å²) in [4.78, 5) is 42.4. The van der Waals surface area contributed by atoms with Gasteiger partial charge in [-0.1, -0.05) is 12.1 Å². The van der Waals surface area contributed by atoms with Crippen molar-refractivity contribution in [2.45, 2.75) is 52.2 Å². The standard InChI is InChI=1S/C35H41FN4O6/c1-23-8-9-27(37-33(42)25-18-26(36)21-28(19-25)39-14-16-44-17-15-39)22-31(23)38-32(41)24-6-5-7-30(20-24)45-29-10-12-40(13-11-29)34(43)46-35(2,3)4/h5-9,18-22,29H,10-17H2,1-4H3,(H,37,42)(H,38,41). The van der Waals surface area contributed by atoms with E-state index in [1.807, 2.05) is 32.6 Å². The zero-order valence-corrected chi connectivity index (χ0v) is 26.7. The van der Waals surface area contributed by atoms with E-state index in [4.69, 9.17) is 14.2 Å². The predicted molar refractivity (Wildman–Crippen MR) is 174 cm³/mol. The largest absolute Gasteiger partial charge is 0.490 e. The van der Waals surface area contributed by atoms with Gasteiger partial charge >= 0.3 is 6.09 Å². The summed E-state index contributed by atoms with van der Waals surface area (Å²) in [6.45, 7) is 10.8. The first-order valence-corrected chi connectivity index (χ1v) is 15.5. The molecule has 5 rings (SSSR count). The molecule has 3 aromatic rings. The van der Waals surface area contributed by atoms with Crippen LogP contribution in [0.2, 0.25) is 0 Å². The van der Waals surface area contributed by atoms with Crippen LogP contribution in [0.1, 0.15) is 59.9 Å². The van der Waals surface area contributed by atoms with Gasteiger partial charge in [-0.3, -0.25) is 9.59 Å². The van der Waals surface area contributed by atoms with E-state index in [0.29, 0.717) is 80.6 Å². The Kier molecular flexibility index (Phi) is 10.1. The minimum absolute atomic E-state index is 0.0948. The van der Waals surface area contributed by atoms with E-state index < -0.39 is 17.3 Å². The molecule has 244 valence electrons. The number of likely N-dealkylation sites (tertiary alicyclic amines) is 1. The molecule has 2 fully saturated rings. The number of anilines is 3. The number of nitrogens with one attached hydrogen (secondary N) is 2. The molecule has 2 saturated heterocycles. The van der Waals surface area contributed by atoms with Gasteiger partial charge in [-0.2, -0.15) is 0 Å². The Balaban J connectivity index is 1.19. The van der Waals surface area contributed by atoms with Gasteiger partial charge in [-0.25, -0.2) is 9.18 Å². The second-order valence-corrected chi connectivity index (χ2v) is 12.5. The lowest BCUT2D eigenvalue weighted by Gasteiger charge is -2.33. The first-order chi connectivity index (χ1) is 21.9. The Bertz CT molecular complexity index is 1580. The molecule has 2 heterocycles. The summed E-state index contributed by atoms with van der Waals surface area (Å²) >= 11 is 0. The van der Waals surface area contributed by atoms with Gasteiger partial charge in [0.2, 0.25) is 0 Å². The maximum Gasteiger partial charge on any atom is 0.410 e. The molecule has 0 radical (unpaired) electrons. The molecule has 11 heteroatoms. The minimum Gasteiger partial charge on any atom is -0.490 e. The lowest BCUT2D eigenvalue weighted by atomic mass is 10.1. The number of piperidine rings is 1. The molecular weight excluding hydrogens is 591 g/mol. The van der Waals surface area contributed by atoms with Gasteiger partial charge in [-0.05, 0) is 81.8 Å². The van der Waals surface area contributed by atoms with Crippen molar-refractivity contribution in [3.63, 3.8) is 0 Å². The number of halogens is 1. The fourth-order valence-electron chi connectivity index (χ4n) is 5.33. The van der Waals surface area contributed by atoms with Crippen molar-refractivity contribution in [2.75, 3.05) is 54.9 Å². The number of carbonyl (C=O) groups excluding carboxylic acids is 3. The fraction of sp³-hybridized carbons (Fsp3) is 0.400. The SMILES string of the molecule is Cc1ccc(NC(=O)c2cc(F)cc(N3CCOCC3)c2)cc1NC(=O)c1cccc(OC2CCN(C(=O)OC(C)(C)C)CC2)c1. The van der Waals surface area contributed by atoms with Gasteiger partial charge in [0.25, 0.3) is 11.8 Å². The summed E-state index contributed by atoms with van der Waals surface area (Å²) in [5.74, 6) is -0.731. The maximum atomic E-state index is 14.4. The van der Waals surface area contributed by atoms with Crippen molar-refractivity contribution in [3.8, 4) is 5.75 Å². The lowest BCUT2D eigenvalue weighted by Crippen LogP contribution is -2.44. The van der Waals surface area contributed by atoms with Gasteiger partial charge in [0, 0.05) is 67.2 Å². The number of benzene rings is 3. The summed E-state index contributed by atoms with van der Waals surface area (Å²) in [7, 11) is 0. The van der Waals surface area contributed by atoms with E-state index >= 15 is 0 Å². The molecule has 0 aromatic heterocycles. The second-order valence-electron chi connectivity index (χ2n) is 12.5. The van der Waals surface area contributed by atoms with E-state index in [0.717, 1.165) is 5.56 Å². The van der Waals surface area contributed by atoms with Crippen LogP contribution >= 0.6 is 0 Å². The molecule has 0 unspecified atom stereocenters. The highest BCUT2D eigenvalue weighted by molar-refractivity contribution is 6.07. The highest BCUT2D eigenvalue weighted by Gasteiger charge is 2.28. The number of nitrogens with zero attached hydrogens (tertiary/aromatic N) is 2. The third-order valence-electron chi connectivity index (χ3n) is 7.76. The van der Waals surface area contributed by atoms with E-state index in [2.05, 4.69) is 10.6 Å². The Labute approximate surface area is 268 Å². The molecule has 10 nitrogen and oxygen atoms in total. The Morgan fingerprint density at radius 1 is 0.870 bits per heavy atom. The molecule has 0 saturated carbocycles.